The normalized spacial score (nSPS) is 27.5. The van der Waals surface area contributed by atoms with Crippen molar-refractivity contribution in [2.45, 2.75) is 426 Å². The molecule has 3 saturated heterocycles. The van der Waals surface area contributed by atoms with Gasteiger partial charge in [0.15, 0.2) is 18.9 Å². The zero-order chi connectivity index (χ0) is 67.5. The average Bonchev–Trinajstić information content (AvgIpc) is 0.985. The molecular formula is C74H141NO18. The highest BCUT2D eigenvalue weighted by Gasteiger charge is 2.53. The van der Waals surface area contributed by atoms with Crippen molar-refractivity contribution in [1.29, 1.82) is 0 Å². The molecule has 0 aromatic heterocycles. The van der Waals surface area contributed by atoms with Crippen LogP contribution in [-0.2, 0) is 33.2 Å². The maximum atomic E-state index is 13.5. The second kappa shape index (κ2) is 56.3. The van der Waals surface area contributed by atoms with Crippen molar-refractivity contribution in [2.75, 3.05) is 26.4 Å². The van der Waals surface area contributed by atoms with Crippen LogP contribution in [0.5, 0.6) is 0 Å². The Kier molecular flexibility index (Phi) is 51.9. The first-order chi connectivity index (χ1) is 45.3. The van der Waals surface area contributed by atoms with E-state index in [-0.39, 0.29) is 18.9 Å². The van der Waals surface area contributed by atoms with E-state index in [0.29, 0.717) is 12.8 Å². The van der Waals surface area contributed by atoms with Gasteiger partial charge >= 0.3 is 0 Å². The fraction of sp³-hybridized carbons (Fsp3) is 0.959. The molecule has 0 saturated carbocycles. The van der Waals surface area contributed by atoms with E-state index in [2.05, 4.69) is 31.3 Å². The zero-order valence-electron chi connectivity index (χ0n) is 58.5. The van der Waals surface area contributed by atoms with Gasteiger partial charge < -0.3 is 89.9 Å². The number of rotatable bonds is 61. The van der Waals surface area contributed by atoms with Gasteiger partial charge in [0.2, 0.25) is 5.91 Å². The van der Waals surface area contributed by atoms with Crippen LogP contribution in [0.25, 0.3) is 0 Å². The lowest BCUT2D eigenvalue weighted by Crippen LogP contribution is -2.66. The topological polar surface area (TPSA) is 307 Å². The molecule has 3 heterocycles. The first-order valence-electron chi connectivity index (χ1n) is 38.4. The molecule has 0 radical (unpaired) electrons. The smallest absolute Gasteiger partial charge is 0.220 e. The van der Waals surface area contributed by atoms with Crippen LogP contribution in [0.15, 0.2) is 12.2 Å². The molecule has 3 aliphatic heterocycles. The highest BCUT2D eigenvalue weighted by Crippen LogP contribution is 2.33. The van der Waals surface area contributed by atoms with Crippen LogP contribution >= 0.6 is 0 Å². The van der Waals surface area contributed by atoms with E-state index in [1.807, 2.05) is 0 Å². The second-order valence-electron chi connectivity index (χ2n) is 27.8. The minimum atomic E-state index is -1.97. The molecule has 93 heavy (non-hydrogen) atoms. The molecule has 550 valence electrons. The molecule has 0 aliphatic carbocycles. The highest BCUT2D eigenvalue weighted by molar-refractivity contribution is 5.76. The number of hydrogen-bond donors (Lipinski definition) is 12. The first kappa shape index (κ1) is 85.8. The average molecular weight is 1330 g/mol. The molecular weight excluding hydrogens is 1190 g/mol. The van der Waals surface area contributed by atoms with Gasteiger partial charge in [-0.2, -0.15) is 0 Å². The second-order valence-corrected chi connectivity index (χ2v) is 27.8. The van der Waals surface area contributed by atoms with E-state index in [1.165, 1.54) is 238 Å². The molecule has 0 spiro atoms. The van der Waals surface area contributed by atoms with Crippen molar-refractivity contribution in [2.24, 2.45) is 0 Å². The molecule has 0 aromatic carbocycles. The maximum absolute atomic E-state index is 13.5. The molecule has 3 aliphatic rings. The van der Waals surface area contributed by atoms with E-state index in [0.717, 1.165) is 51.4 Å². The molecule has 19 nitrogen and oxygen atoms in total. The van der Waals surface area contributed by atoms with Crippen molar-refractivity contribution in [3.05, 3.63) is 12.2 Å². The van der Waals surface area contributed by atoms with Crippen molar-refractivity contribution < 1.29 is 89.4 Å². The number of ether oxygens (including phenoxy) is 6. The number of carbonyl (C=O) groups is 1. The summed E-state index contributed by atoms with van der Waals surface area (Å²) < 4.78 is 34.5. The van der Waals surface area contributed by atoms with E-state index in [9.17, 15) is 61.0 Å². The van der Waals surface area contributed by atoms with Gasteiger partial charge in [-0.05, 0) is 38.5 Å². The van der Waals surface area contributed by atoms with Crippen LogP contribution in [0.2, 0.25) is 0 Å². The molecule has 3 rings (SSSR count). The van der Waals surface area contributed by atoms with Crippen LogP contribution in [0.4, 0.5) is 0 Å². The highest BCUT2D eigenvalue weighted by atomic mass is 16.8. The summed E-state index contributed by atoms with van der Waals surface area (Å²) in [6, 6.07) is -0.887. The summed E-state index contributed by atoms with van der Waals surface area (Å²) in [5, 5.41) is 121. The minimum absolute atomic E-state index is 0.240. The zero-order valence-corrected chi connectivity index (χ0v) is 58.5. The molecule has 12 N–H and O–H groups in total. The molecule has 19 heteroatoms. The predicted molar refractivity (Wildman–Crippen MR) is 365 cm³/mol. The van der Waals surface area contributed by atoms with Gasteiger partial charge in [-0.25, -0.2) is 0 Å². The van der Waals surface area contributed by atoms with Crippen molar-refractivity contribution >= 4 is 5.91 Å². The van der Waals surface area contributed by atoms with E-state index < -0.39 is 124 Å². The van der Waals surface area contributed by atoms with Crippen molar-refractivity contribution in [3.8, 4) is 0 Å². The van der Waals surface area contributed by atoms with Gasteiger partial charge in [0.05, 0.1) is 38.6 Å². The maximum Gasteiger partial charge on any atom is 0.220 e. The third kappa shape index (κ3) is 37.5. The molecule has 17 unspecified atom stereocenters. The Labute approximate surface area is 563 Å². The fourth-order valence-corrected chi connectivity index (χ4v) is 13.4. The van der Waals surface area contributed by atoms with Gasteiger partial charge in [0, 0.05) is 6.42 Å². The van der Waals surface area contributed by atoms with Gasteiger partial charge in [0.1, 0.15) is 73.2 Å². The molecule has 0 aromatic rings. The van der Waals surface area contributed by atoms with Gasteiger partial charge in [0.25, 0.3) is 0 Å². The van der Waals surface area contributed by atoms with Gasteiger partial charge in [-0.15, -0.1) is 0 Å². The SMILES string of the molecule is CCCCCCCC/C=C\CCCCCCCCCCCC(=O)NC(COC1OC(CO)C(OC2OC(CO)C(OC3OC(CO)C(O)C(O)C3O)C(O)C2O)C(O)C1O)C(O)CCCCCCCCCCCCCCCCCCCCCCCCCCCCCCC. The van der Waals surface area contributed by atoms with Crippen LogP contribution < -0.4 is 5.32 Å². The van der Waals surface area contributed by atoms with Crippen LogP contribution in [0, 0.1) is 0 Å². The monoisotopic (exact) mass is 1330 g/mol. The third-order valence-corrected chi connectivity index (χ3v) is 19.6. The van der Waals surface area contributed by atoms with Crippen LogP contribution in [0.1, 0.15) is 322 Å². The summed E-state index contributed by atoms with van der Waals surface area (Å²) in [5.74, 6) is -0.240. The lowest BCUT2D eigenvalue weighted by molar-refractivity contribution is -0.379. The Balaban J connectivity index is 1.38. The standard InChI is InChI=1S/C74H141NO18/c1-3-5-7-9-11-13-15-17-19-21-23-24-25-26-27-28-29-30-31-32-34-35-37-39-41-43-45-47-49-51-58(79)57(75-62(80)52-50-48-46-44-42-40-38-36-33-22-20-18-16-14-12-10-8-6-4-2)56-88-72-68(86)65(83)70(60(54-77)90-72)93-74-69(87)66(84)71(61(55-78)91-74)92-73-67(85)64(82)63(81)59(53-76)89-73/h18,20,57-61,63-74,76-79,81-87H,3-17,19,21-56H2,1-2H3,(H,75,80)/b20-18-. The van der Waals surface area contributed by atoms with E-state index in [1.54, 1.807) is 0 Å². The summed E-state index contributed by atoms with van der Waals surface area (Å²) in [5.41, 5.74) is 0. The Bertz CT molecular complexity index is 1730. The fourth-order valence-electron chi connectivity index (χ4n) is 13.4. The van der Waals surface area contributed by atoms with Gasteiger partial charge in [-0.3, -0.25) is 4.79 Å². The molecule has 3 fully saturated rings. The first-order valence-corrected chi connectivity index (χ1v) is 38.4. The number of aliphatic hydroxyl groups is 11. The summed E-state index contributed by atoms with van der Waals surface area (Å²) in [6.07, 6.45) is 37.3. The minimum Gasteiger partial charge on any atom is -0.394 e. The predicted octanol–water partition coefficient (Wildman–Crippen LogP) is 11.6. The summed E-state index contributed by atoms with van der Waals surface area (Å²) in [4.78, 5) is 13.5. The summed E-state index contributed by atoms with van der Waals surface area (Å²) in [7, 11) is 0. The van der Waals surface area contributed by atoms with Crippen LogP contribution in [0.3, 0.4) is 0 Å². The molecule has 0 bridgehead atoms. The Morgan fingerprint density at radius 1 is 0.376 bits per heavy atom. The van der Waals surface area contributed by atoms with Crippen LogP contribution in [-0.4, -0.2) is 193 Å². The summed E-state index contributed by atoms with van der Waals surface area (Å²) in [6.45, 7) is 1.84. The number of aliphatic hydroxyl groups excluding tert-OH is 11. The Morgan fingerprint density at radius 3 is 1.04 bits per heavy atom. The lowest BCUT2D eigenvalue weighted by atomic mass is 9.96. The Morgan fingerprint density at radius 2 is 0.677 bits per heavy atom. The number of allylic oxidation sites excluding steroid dienone is 2. The molecule has 1 amide bonds. The number of carbonyl (C=O) groups excluding carboxylic acids is 1. The van der Waals surface area contributed by atoms with Crippen molar-refractivity contribution in [1.82, 2.24) is 5.32 Å². The number of hydrogen-bond acceptors (Lipinski definition) is 18. The van der Waals surface area contributed by atoms with E-state index >= 15 is 0 Å². The summed E-state index contributed by atoms with van der Waals surface area (Å²) >= 11 is 0. The van der Waals surface area contributed by atoms with Gasteiger partial charge in [-0.1, -0.05) is 289 Å². The quantitative estimate of drug-likeness (QED) is 0.0199. The third-order valence-electron chi connectivity index (χ3n) is 19.6. The Hall–Kier alpha value is -1.47. The van der Waals surface area contributed by atoms with Crippen molar-refractivity contribution in [3.63, 3.8) is 0 Å². The molecule has 17 atom stereocenters. The largest absolute Gasteiger partial charge is 0.394 e. The number of nitrogens with one attached hydrogen (secondary N) is 1. The van der Waals surface area contributed by atoms with E-state index in [4.69, 9.17) is 28.4 Å². The lowest BCUT2D eigenvalue weighted by Gasteiger charge is -2.48. The number of amides is 1. The number of unbranched alkanes of at least 4 members (excludes halogenated alkanes) is 43.